The van der Waals surface area contributed by atoms with Gasteiger partial charge in [-0.15, -0.1) is 0 Å². The number of fused-ring (bicyclic) bond motifs is 1. The van der Waals surface area contributed by atoms with Gasteiger partial charge < -0.3 is 10.2 Å². The molecule has 2 heterocycles. The first kappa shape index (κ1) is 16.9. The summed E-state index contributed by atoms with van der Waals surface area (Å²) >= 11 is 1.48. The number of amides is 2. The zero-order valence-corrected chi connectivity index (χ0v) is 15.2. The van der Waals surface area contributed by atoms with E-state index in [0.29, 0.717) is 11.7 Å². The van der Waals surface area contributed by atoms with Gasteiger partial charge in [-0.25, -0.2) is 4.98 Å². The fourth-order valence-corrected chi connectivity index (χ4v) is 3.85. The van der Waals surface area contributed by atoms with Crippen LogP contribution < -0.4 is 5.32 Å². The lowest BCUT2D eigenvalue weighted by atomic mass is 9.91. The van der Waals surface area contributed by atoms with Crippen molar-refractivity contribution >= 4 is 38.5 Å². The normalized spacial score (nSPS) is 18.6. The Morgan fingerprint density at radius 1 is 1.29 bits per heavy atom. The molecule has 1 saturated heterocycles. The fraction of sp³-hybridized carbons (Fsp3) is 0.500. The Balaban J connectivity index is 1.67. The molecule has 6 heteroatoms. The van der Waals surface area contributed by atoms with E-state index in [0.717, 1.165) is 29.6 Å². The molecule has 0 saturated carbocycles. The van der Waals surface area contributed by atoms with E-state index in [4.69, 9.17) is 0 Å². The van der Waals surface area contributed by atoms with Gasteiger partial charge in [-0.2, -0.15) is 0 Å². The lowest BCUT2D eigenvalue weighted by molar-refractivity contribution is -0.142. The number of rotatable bonds is 2. The Morgan fingerprint density at radius 2 is 2.04 bits per heavy atom. The quantitative estimate of drug-likeness (QED) is 0.906. The first-order valence-corrected chi connectivity index (χ1v) is 9.12. The zero-order chi connectivity index (χ0) is 17.3. The van der Waals surface area contributed by atoms with Gasteiger partial charge in [0.25, 0.3) is 0 Å². The van der Waals surface area contributed by atoms with E-state index in [1.165, 1.54) is 11.3 Å². The van der Waals surface area contributed by atoms with Gasteiger partial charge in [-0.3, -0.25) is 9.59 Å². The molecule has 1 aromatic heterocycles. The van der Waals surface area contributed by atoms with Gasteiger partial charge in [0.2, 0.25) is 11.8 Å². The summed E-state index contributed by atoms with van der Waals surface area (Å²) in [4.78, 5) is 31.3. The second-order valence-corrected chi connectivity index (χ2v) is 8.35. The van der Waals surface area contributed by atoms with E-state index in [-0.39, 0.29) is 17.7 Å². The van der Waals surface area contributed by atoms with E-state index >= 15 is 0 Å². The van der Waals surface area contributed by atoms with Gasteiger partial charge in [0.05, 0.1) is 16.1 Å². The van der Waals surface area contributed by atoms with E-state index in [1.54, 1.807) is 0 Å². The average molecular weight is 345 g/mol. The van der Waals surface area contributed by atoms with Crippen LogP contribution in [0.3, 0.4) is 0 Å². The van der Waals surface area contributed by atoms with Crippen LogP contribution in [0.25, 0.3) is 10.2 Å². The summed E-state index contributed by atoms with van der Waals surface area (Å²) in [5.41, 5.74) is 0.483. The minimum Gasteiger partial charge on any atom is -0.341 e. The summed E-state index contributed by atoms with van der Waals surface area (Å²) in [7, 11) is 0. The number of aromatic nitrogens is 1. The molecule has 2 amide bonds. The molecule has 1 aliphatic rings. The van der Waals surface area contributed by atoms with Crippen molar-refractivity contribution in [3.63, 3.8) is 0 Å². The Morgan fingerprint density at radius 3 is 2.75 bits per heavy atom. The number of thiazole rings is 1. The van der Waals surface area contributed by atoms with Crippen molar-refractivity contribution in [2.75, 3.05) is 18.4 Å². The Bertz CT molecular complexity index is 730. The van der Waals surface area contributed by atoms with E-state index in [9.17, 15) is 9.59 Å². The molecule has 0 aliphatic carbocycles. The summed E-state index contributed by atoms with van der Waals surface area (Å²) in [6, 6.07) is 7.83. The second-order valence-electron chi connectivity index (χ2n) is 7.32. The van der Waals surface area contributed by atoms with Gasteiger partial charge >= 0.3 is 0 Å². The van der Waals surface area contributed by atoms with Crippen molar-refractivity contribution in [2.45, 2.75) is 33.6 Å². The number of likely N-dealkylation sites (tertiary alicyclic amines) is 1. The minimum atomic E-state index is -0.411. The predicted octanol–water partition coefficient (Wildman–Crippen LogP) is 3.52. The van der Waals surface area contributed by atoms with Gasteiger partial charge in [0.15, 0.2) is 5.13 Å². The summed E-state index contributed by atoms with van der Waals surface area (Å²) in [6.07, 6.45) is 1.67. The third-order valence-corrected chi connectivity index (χ3v) is 5.20. The lowest BCUT2D eigenvalue weighted by Crippen LogP contribution is -2.47. The number of hydrogen-bond acceptors (Lipinski definition) is 4. The molecule has 5 nitrogen and oxygen atoms in total. The minimum absolute atomic E-state index is 0.0412. The van der Waals surface area contributed by atoms with Crippen LogP contribution in [0.5, 0.6) is 0 Å². The highest BCUT2D eigenvalue weighted by Gasteiger charge is 2.33. The number of benzene rings is 1. The molecule has 128 valence electrons. The molecule has 1 N–H and O–H groups in total. The molecular weight excluding hydrogens is 322 g/mol. The fourth-order valence-electron chi connectivity index (χ4n) is 2.98. The molecule has 1 atom stereocenters. The lowest BCUT2D eigenvalue weighted by Gasteiger charge is -2.35. The number of piperidine rings is 1. The molecule has 1 aliphatic heterocycles. The van der Waals surface area contributed by atoms with Crippen LogP contribution in [0.1, 0.15) is 33.6 Å². The smallest absolute Gasteiger partial charge is 0.231 e. The third kappa shape index (κ3) is 3.59. The number of nitrogens with one attached hydrogen (secondary N) is 1. The molecule has 1 fully saturated rings. The molecule has 0 unspecified atom stereocenters. The summed E-state index contributed by atoms with van der Waals surface area (Å²) in [5, 5.41) is 3.56. The number of para-hydroxylation sites is 1. The van der Waals surface area contributed by atoms with Crippen LogP contribution in [0, 0.1) is 11.3 Å². The summed E-state index contributed by atoms with van der Waals surface area (Å²) < 4.78 is 1.06. The number of anilines is 1. The topological polar surface area (TPSA) is 62.3 Å². The Kier molecular flexibility index (Phi) is 4.58. The Labute approximate surface area is 146 Å². The molecule has 0 radical (unpaired) electrons. The van der Waals surface area contributed by atoms with Crippen molar-refractivity contribution < 1.29 is 9.59 Å². The van der Waals surface area contributed by atoms with Crippen LogP contribution in [-0.4, -0.2) is 34.8 Å². The highest BCUT2D eigenvalue weighted by Crippen LogP contribution is 2.28. The molecule has 1 aromatic carbocycles. The molecule has 24 heavy (non-hydrogen) atoms. The maximum atomic E-state index is 12.6. The number of nitrogens with zero attached hydrogens (tertiary/aromatic N) is 2. The SMILES string of the molecule is CC(C)(C)C(=O)N1CCC[C@H](C(=O)Nc2nc3ccccc3s2)C1. The largest absolute Gasteiger partial charge is 0.341 e. The number of carbonyl (C=O) groups is 2. The summed E-state index contributed by atoms with van der Waals surface area (Å²) in [6.45, 7) is 6.98. The monoisotopic (exact) mass is 345 g/mol. The van der Waals surface area contributed by atoms with Crippen LogP contribution >= 0.6 is 11.3 Å². The predicted molar refractivity (Wildman–Crippen MR) is 97.0 cm³/mol. The summed E-state index contributed by atoms with van der Waals surface area (Å²) in [5.74, 6) is -0.0995. The van der Waals surface area contributed by atoms with Gasteiger partial charge in [0, 0.05) is 18.5 Å². The molecule has 0 bridgehead atoms. The Hall–Kier alpha value is -1.95. The molecule has 2 aromatic rings. The number of carbonyl (C=O) groups excluding carboxylic acids is 2. The van der Waals surface area contributed by atoms with Crippen molar-refractivity contribution in [3.05, 3.63) is 24.3 Å². The van der Waals surface area contributed by atoms with Crippen molar-refractivity contribution in [1.29, 1.82) is 0 Å². The molecule has 3 rings (SSSR count). The van der Waals surface area contributed by atoms with Crippen molar-refractivity contribution in [3.8, 4) is 0 Å². The van der Waals surface area contributed by atoms with Crippen molar-refractivity contribution in [2.24, 2.45) is 11.3 Å². The van der Waals surface area contributed by atoms with Crippen LogP contribution in [-0.2, 0) is 9.59 Å². The molecular formula is C18H23N3O2S. The zero-order valence-electron chi connectivity index (χ0n) is 14.3. The van der Waals surface area contributed by atoms with Crippen LogP contribution in [0.4, 0.5) is 5.13 Å². The third-order valence-electron chi connectivity index (χ3n) is 4.25. The van der Waals surface area contributed by atoms with Gasteiger partial charge in [0.1, 0.15) is 0 Å². The van der Waals surface area contributed by atoms with Gasteiger partial charge in [-0.1, -0.05) is 44.2 Å². The van der Waals surface area contributed by atoms with Gasteiger partial charge in [-0.05, 0) is 25.0 Å². The van der Waals surface area contributed by atoms with Crippen molar-refractivity contribution in [1.82, 2.24) is 9.88 Å². The second kappa shape index (κ2) is 6.51. The van der Waals surface area contributed by atoms with E-state index < -0.39 is 5.41 Å². The maximum Gasteiger partial charge on any atom is 0.231 e. The maximum absolute atomic E-state index is 12.6. The van der Waals surface area contributed by atoms with Crippen LogP contribution in [0.15, 0.2) is 24.3 Å². The first-order valence-electron chi connectivity index (χ1n) is 8.30. The number of hydrogen-bond donors (Lipinski definition) is 1. The average Bonchev–Trinajstić information content (AvgIpc) is 2.95. The van der Waals surface area contributed by atoms with E-state index in [1.807, 2.05) is 49.9 Å². The van der Waals surface area contributed by atoms with Crippen LogP contribution in [0.2, 0.25) is 0 Å². The highest BCUT2D eigenvalue weighted by molar-refractivity contribution is 7.22. The standard InChI is InChI=1S/C18H23N3O2S/c1-18(2,3)16(23)21-10-6-7-12(11-21)15(22)20-17-19-13-8-4-5-9-14(13)24-17/h4-5,8-9,12H,6-7,10-11H2,1-3H3,(H,19,20,22)/t12-/m0/s1. The highest BCUT2D eigenvalue weighted by atomic mass is 32.1. The first-order chi connectivity index (χ1) is 11.3. The molecule has 0 spiro atoms. The van der Waals surface area contributed by atoms with E-state index in [2.05, 4.69) is 10.3 Å².